The van der Waals surface area contributed by atoms with Crippen molar-refractivity contribution in [1.29, 1.82) is 0 Å². The zero-order chi connectivity index (χ0) is 15.3. The van der Waals surface area contributed by atoms with E-state index in [0.29, 0.717) is 16.5 Å². The number of carbonyl (C=O) groups is 1. The smallest absolute Gasteiger partial charge is 0.289 e. The van der Waals surface area contributed by atoms with Gasteiger partial charge in [0.05, 0.1) is 10.9 Å². The number of phenolic OH excluding ortho intramolecular Hbond substituents is 1. The van der Waals surface area contributed by atoms with Gasteiger partial charge in [0.1, 0.15) is 11.9 Å². The molecule has 22 heavy (non-hydrogen) atoms. The summed E-state index contributed by atoms with van der Waals surface area (Å²) in [5.74, 6) is -0.367. The summed E-state index contributed by atoms with van der Waals surface area (Å²) in [5.41, 5.74) is 0.618. The van der Waals surface area contributed by atoms with Gasteiger partial charge in [-0.25, -0.2) is 4.98 Å². The summed E-state index contributed by atoms with van der Waals surface area (Å²) in [4.78, 5) is 29.1. The maximum atomic E-state index is 12.7. The quantitative estimate of drug-likeness (QED) is 0.710. The highest BCUT2D eigenvalue weighted by Crippen LogP contribution is 2.28. The SMILES string of the molecule is O=C1N[C@@H](c2ccccc2O)n2c1nc1ccccc1c2=O. The molecular weight excluding hydrogens is 282 g/mol. The largest absolute Gasteiger partial charge is 0.508 e. The lowest BCUT2D eigenvalue weighted by Gasteiger charge is -2.15. The first kappa shape index (κ1) is 12.6. The molecule has 6 nitrogen and oxygen atoms in total. The molecule has 0 spiro atoms. The molecule has 0 fully saturated rings. The normalized spacial score (nSPS) is 16.5. The van der Waals surface area contributed by atoms with E-state index < -0.39 is 12.1 Å². The number of nitrogens with one attached hydrogen (secondary N) is 1. The van der Waals surface area contributed by atoms with Crippen LogP contribution in [-0.4, -0.2) is 20.6 Å². The van der Waals surface area contributed by atoms with Crippen LogP contribution in [0.5, 0.6) is 5.75 Å². The van der Waals surface area contributed by atoms with Gasteiger partial charge >= 0.3 is 0 Å². The van der Waals surface area contributed by atoms with Gasteiger partial charge in [-0.1, -0.05) is 30.3 Å². The Bertz CT molecular complexity index is 978. The van der Waals surface area contributed by atoms with Gasteiger partial charge in [-0.2, -0.15) is 0 Å². The lowest BCUT2D eigenvalue weighted by atomic mass is 10.1. The van der Waals surface area contributed by atoms with Crippen molar-refractivity contribution < 1.29 is 9.90 Å². The van der Waals surface area contributed by atoms with E-state index in [4.69, 9.17) is 0 Å². The molecule has 1 aliphatic rings. The molecule has 0 unspecified atom stereocenters. The molecule has 0 saturated heterocycles. The van der Waals surface area contributed by atoms with Crippen LogP contribution in [0, 0.1) is 0 Å². The molecule has 1 atom stereocenters. The van der Waals surface area contributed by atoms with Gasteiger partial charge < -0.3 is 10.4 Å². The van der Waals surface area contributed by atoms with Crippen molar-refractivity contribution in [2.24, 2.45) is 0 Å². The van der Waals surface area contributed by atoms with E-state index >= 15 is 0 Å². The molecule has 4 rings (SSSR count). The summed E-state index contributed by atoms with van der Waals surface area (Å²) in [7, 11) is 0. The Kier molecular flexibility index (Phi) is 2.53. The molecule has 0 bridgehead atoms. The first-order chi connectivity index (χ1) is 10.7. The second-order valence-electron chi connectivity index (χ2n) is 5.06. The average molecular weight is 293 g/mol. The van der Waals surface area contributed by atoms with Crippen molar-refractivity contribution in [3.05, 3.63) is 70.3 Å². The highest BCUT2D eigenvalue weighted by molar-refractivity contribution is 5.95. The molecule has 0 saturated carbocycles. The Morgan fingerprint density at radius 1 is 1.05 bits per heavy atom. The summed E-state index contributed by atoms with van der Waals surface area (Å²) in [6.45, 7) is 0. The standard InChI is InChI=1S/C16H11N3O3/c20-12-8-4-2-6-10(12)13-18-15(21)14-17-11-7-3-1-5-9(11)16(22)19(13)14/h1-8,13,20H,(H,18,21)/t13-/m1/s1. The fourth-order valence-corrected chi connectivity index (χ4v) is 2.73. The highest BCUT2D eigenvalue weighted by atomic mass is 16.3. The van der Waals surface area contributed by atoms with E-state index in [0.717, 1.165) is 0 Å². The Morgan fingerprint density at radius 3 is 2.59 bits per heavy atom. The van der Waals surface area contributed by atoms with Gasteiger partial charge in [-0.05, 0) is 18.2 Å². The Labute approximate surface area is 124 Å². The second kappa shape index (κ2) is 4.42. The lowest BCUT2D eigenvalue weighted by molar-refractivity contribution is 0.0956. The summed E-state index contributed by atoms with van der Waals surface area (Å²) in [6.07, 6.45) is -0.756. The first-order valence-electron chi connectivity index (χ1n) is 6.77. The lowest BCUT2D eigenvalue weighted by Crippen LogP contribution is -2.28. The minimum absolute atomic E-state index is 0.0145. The van der Waals surface area contributed by atoms with E-state index in [-0.39, 0.29) is 17.1 Å². The molecule has 1 aromatic heterocycles. The van der Waals surface area contributed by atoms with Crippen LogP contribution in [0.2, 0.25) is 0 Å². The Morgan fingerprint density at radius 2 is 1.77 bits per heavy atom. The van der Waals surface area contributed by atoms with Gasteiger partial charge in [-0.3, -0.25) is 14.2 Å². The second-order valence-corrected chi connectivity index (χ2v) is 5.06. The van der Waals surface area contributed by atoms with Gasteiger partial charge in [0.25, 0.3) is 11.5 Å². The number of amides is 1. The Balaban J connectivity index is 2.04. The van der Waals surface area contributed by atoms with Crippen LogP contribution in [-0.2, 0) is 0 Å². The predicted octanol–water partition coefficient (Wildman–Crippen LogP) is 1.39. The topological polar surface area (TPSA) is 84.2 Å². The number of aromatic nitrogens is 2. The predicted molar refractivity (Wildman–Crippen MR) is 79.7 cm³/mol. The molecule has 2 heterocycles. The zero-order valence-corrected chi connectivity index (χ0v) is 11.4. The van der Waals surface area contributed by atoms with Gasteiger partial charge in [-0.15, -0.1) is 0 Å². The van der Waals surface area contributed by atoms with Crippen molar-refractivity contribution in [2.75, 3.05) is 0 Å². The first-order valence-corrected chi connectivity index (χ1v) is 6.77. The number of fused-ring (bicyclic) bond motifs is 2. The number of nitrogens with zero attached hydrogens (tertiary/aromatic N) is 2. The summed E-state index contributed by atoms with van der Waals surface area (Å²) in [5, 5.41) is 13.1. The van der Waals surface area contributed by atoms with E-state index in [2.05, 4.69) is 10.3 Å². The van der Waals surface area contributed by atoms with Crippen molar-refractivity contribution in [3.63, 3.8) is 0 Å². The number of benzene rings is 2. The molecule has 0 radical (unpaired) electrons. The van der Waals surface area contributed by atoms with Crippen LogP contribution in [0.4, 0.5) is 0 Å². The maximum Gasteiger partial charge on any atom is 0.289 e. The molecular formula is C16H11N3O3. The molecule has 1 aliphatic heterocycles. The fourth-order valence-electron chi connectivity index (χ4n) is 2.73. The number of hydrogen-bond donors (Lipinski definition) is 2. The number of para-hydroxylation sites is 2. The van der Waals surface area contributed by atoms with Crippen LogP contribution < -0.4 is 10.9 Å². The minimum Gasteiger partial charge on any atom is -0.508 e. The third-order valence-corrected chi connectivity index (χ3v) is 3.77. The van der Waals surface area contributed by atoms with Crippen molar-refractivity contribution in [3.8, 4) is 5.75 Å². The van der Waals surface area contributed by atoms with Gasteiger partial charge in [0.15, 0.2) is 0 Å². The molecule has 2 aromatic carbocycles. The fraction of sp³-hybridized carbons (Fsp3) is 0.0625. The molecule has 3 aromatic rings. The number of carbonyl (C=O) groups excluding carboxylic acids is 1. The number of phenols is 1. The summed E-state index contributed by atoms with van der Waals surface area (Å²) >= 11 is 0. The maximum absolute atomic E-state index is 12.7. The van der Waals surface area contributed by atoms with Crippen molar-refractivity contribution in [2.45, 2.75) is 6.17 Å². The van der Waals surface area contributed by atoms with Crippen molar-refractivity contribution >= 4 is 16.8 Å². The van der Waals surface area contributed by atoms with E-state index in [1.807, 2.05) is 0 Å². The molecule has 6 heteroatoms. The van der Waals surface area contributed by atoms with Gasteiger partial charge in [0.2, 0.25) is 5.82 Å². The Hall–Kier alpha value is -3.15. The van der Waals surface area contributed by atoms with E-state index in [1.54, 1.807) is 42.5 Å². The third-order valence-electron chi connectivity index (χ3n) is 3.77. The number of hydrogen-bond acceptors (Lipinski definition) is 4. The van der Waals surface area contributed by atoms with Crippen LogP contribution >= 0.6 is 0 Å². The molecule has 2 N–H and O–H groups in total. The number of aromatic hydroxyl groups is 1. The highest BCUT2D eigenvalue weighted by Gasteiger charge is 2.33. The van der Waals surface area contributed by atoms with E-state index in [1.165, 1.54) is 10.6 Å². The number of rotatable bonds is 1. The van der Waals surface area contributed by atoms with Crippen molar-refractivity contribution in [1.82, 2.24) is 14.9 Å². The van der Waals surface area contributed by atoms with Crippen LogP contribution in [0.15, 0.2) is 53.3 Å². The monoisotopic (exact) mass is 293 g/mol. The van der Waals surface area contributed by atoms with Crippen LogP contribution in [0.25, 0.3) is 10.9 Å². The zero-order valence-electron chi connectivity index (χ0n) is 11.4. The molecule has 1 amide bonds. The molecule has 108 valence electrons. The minimum atomic E-state index is -0.756. The average Bonchev–Trinajstić information content (AvgIpc) is 2.85. The molecule has 0 aliphatic carbocycles. The van der Waals surface area contributed by atoms with Crippen LogP contribution in [0.3, 0.4) is 0 Å². The summed E-state index contributed by atoms with van der Waals surface area (Å²) < 4.78 is 1.29. The van der Waals surface area contributed by atoms with E-state index in [9.17, 15) is 14.7 Å². The third kappa shape index (κ3) is 1.64. The van der Waals surface area contributed by atoms with Gasteiger partial charge in [0, 0.05) is 5.56 Å². The van der Waals surface area contributed by atoms with Crippen LogP contribution in [0.1, 0.15) is 22.3 Å². The summed E-state index contributed by atoms with van der Waals surface area (Å²) in [6, 6.07) is 13.5.